The summed E-state index contributed by atoms with van der Waals surface area (Å²) in [6, 6.07) is 18.2. The molecular weight excluding hydrogens is 592 g/mol. The Morgan fingerprint density at radius 1 is 1.04 bits per heavy atom. The number of anilines is 1. The van der Waals surface area contributed by atoms with E-state index in [1.165, 1.54) is 5.56 Å². The number of carboxylic acid groups (broad SMARTS) is 1. The monoisotopic (exact) mass is 636 g/mol. The lowest BCUT2D eigenvalue weighted by Gasteiger charge is -2.31. The van der Waals surface area contributed by atoms with Crippen LogP contribution in [-0.2, 0) is 22.6 Å². The van der Waals surface area contributed by atoms with Gasteiger partial charge in [-0.1, -0.05) is 57.2 Å². The Hall–Kier alpha value is -4.92. The molecule has 0 bridgehead atoms. The van der Waals surface area contributed by atoms with Crippen molar-refractivity contribution in [1.29, 1.82) is 0 Å². The highest BCUT2D eigenvalue weighted by Crippen LogP contribution is 2.36. The molecule has 0 spiro atoms. The first kappa shape index (κ1) is 33.4. The molecule has 9 nitrogen and oxygen atoms in total. The SMILES string of the molecule is Cc1cccc(OCCCC(=O)N2CCCc3c(-c4cnn(Cc5cccc(C(=O)NC(C(=O)O)C(C)(C)C)c5)c4)cccc32)c1C. The maximum absolute atomic E-state index is 13.4. The minimum atomic E-state index is -1.07. The van der Waals surface area contributed by atoms with Gasteiger partial charge in [0.2, 0.25) is 5.91 Å². The fourth-order valence-electron chi connectivity index (χ4n) is 6.03. The summed E-state index contributed by atoms with van der Waals surface area (Å²) in [7, 11) is 0. The zero-order valence-corrected chi connectivity index (χ0v) is 27.9. The van der Waals surface area contributed by atoms with E-state index in [2.05, 4.69) is 29.5 Å². The standard InChI is InChI=1S/C38H44N4O5/c1-25-11-6-17-33(26(25)2)47-20-10-18-34(43)42-19-9-15-31-30(14-8-16-32(31)42)29-22-39-41(24-29)23-27-12-7-13-28(21-27)36(44)40-35(37(45)46)38(3,4)5/h6-8,11-14,16-17,21-22,24,35H,9-10,15,18-20,23H2,1-5H3,(H,40,44)(H,45,46). The van der Waals surface area contributed by atoms with Crippen LogP contribution < -0.4 is 15.0 Å². The van der Waals surface area contributed by atoms with E-state index in [-0.39, 0.29) is 5.91 Å². The van der Waals surface area contributed by atoms with E-state index in [4.69, 9.17) is 4.74 Å². The van der Waals surface area contributed by atoms with Crippen molar-refractivity contribution in [1.82, 2.24) is 15.1 Å². The van der Waals surface area contributed by atoms with Crippen LogP contribution in [0, 0.1) is 19.3 Å². The highest BCUT2D eigenvalue weighted by molar-refractivity contribution is 5.97. The fourth-order valence-corrected chi connectivity index (χ4v) is 6.03. The minimum absolute atomic E-state index is 0.101. The number of rotatable bonds is 11. The van der Waals surface area contributed by atoms with E-state index >= 15 is 0 Å². The molecule has 0 fully saturated rings. The third kappa shape index (κ3) is 7.91. The first-order valence-electron chi connectivity index (χ1n) is 16.2. The normalized spacial score (nSPS) is 13.5. The van der Waals surface area contributed by atoms with Crippen molar-refractivity contribution in [2.45, 2.75) is 72.9 Å². The van der Waals surface area contributed by atoms with E-state index in [1.807, 2.05) is 59.2 Å². The fraction of sp³-hybridized carbons (Fsp3) is 0.368. The molecule has 2 N–H and O–H groups in total. The number of ether oxygens (including phenoxy) is 1. The van der Waals surface area contributed by atoms with Crippen LogP contribution in [0.3, 0.4) is 0 Å². The van der Waals surface area contributed by atoms with Gasteiger partial charge >= 0.3 is 5.97 Å². The number of amides is 2. The van der Waals surface area contributed by atoms with Crippen LogP contribution >= 0.6 is 0 Å². The van der Waals surface area contributed by atoms with Crippen LogP contribution in [0.15, 0.2) is 73.1 Å². The predicted octanol–water partition coefficient (Wildman–Crippen LogP) is 6.58. The van der Waals surface area contributed by atoms with E-state index in [1.54, 1.807) is 39.0 Å². The molecule has 246 valence electrons. The number of hydrogen-bond donors (Lipinski definition) is 2. The summed E-state index contributed by atoms with van der Waals surface area (Å²) in [6.07, 6.45) is 6.63. The first-order chi connectivity index (χ1) is 22.4. The summed E-state index contributed by atoms with van der Waals surface area (Å²) in [5, 5.41) is 16.9. The van der Waals surface area contributed by atoms with Crippen molar-refractivity contribution < 1.29 is 24.2 Å². The topological polar surface area (TPSA) is 114 Å². The van der Waals surface area contributed by atoms with Crippen molar-refractivity contribution in [3.63, 3.8) is 0 Å². The van der Waals surface area contributed by atoms with E-state index in [9.17, 15) is 19.5 Å². The smallest absolute Gasteiger partial charge is 0.326 e. The number of aromatic nitrogens is 2. The number of carbonyl (C=O) groups excluding carboxylic acids is 2. The highest BCUT2D eigenvalue weighted by atomic mass is 16.5. The molecule has 1 atom stereocenters. The summed E-state index contributed by atoms with van der Waals surface area (Å²) in [6.45, 7) is 11.1. The molecule has 0 aliphatic carbocycles. The zero-order valence-electron chi connectivity index (χ0n) is 27.9. The Labute approximate surface area is 276 Å². The maximum Gasteiger partial charge on any atom is 0.326 e. The van der Waals surface area contributed by atoms with Crippen molar-refractivity contribution in [2.75, 3.05) is 18.1 Å². The van der Waals surface area contributed by atoms with Gasteiger partial charge in [-0.25, -0.2) is 4.79 Å². The molecule has 5 rings (SSSR count). The largest absolute Gasteiger partial charge is 0.493 e. The van der Waals surface area contributed by atoms with Gasteiger partial charge in [-0.15, -0.1) is 0 Å². The summed E-state index contributed by atoms with van der Waals surface area (Å²) in [5.41, 5.74) is 7.05. The van der Waals surface area contributed by atoms with Gasteiger partial charge in [0.15, 0.2) is 0 Å². The van der Waals surface area contributed by atoms with E-state index < -0.39 is 23.3 Å². The molecule has 1 aromatic heterocycles. The number of carbonyl (C=O) groups is 3. The molecule has 2 amide bonds. The molecule has 1 aliphatic heterocycles. The summed E-state index contributed by atoms with van der Waals surface area (Å²) in [4.78, 5) is 40.0. The number of nitrogens with zero attached hydrogens (tertiary/aromatic N) is 3. The number of aryl methyl sites for hydroxylation is 1. The molecule has 2 heterocycles. The Balaban J connectivity index is 1.24. The van der Waals surface area contributed by atoms with Crippen molar-refractivity contribution in [3.05, 3.63) is 101 Å². The quantitative estimate of drug-likeness (QED) is 0.180. The van der Waals surface area contributed by atoms with Crippen LogP contribution in [0.1, 0.15) is 72.6 Å². The molecule has 1 unspecified atom stereocenters. The zero-order chi connectivity index (χ0) is 33.7. The molecule has 1 aliphatic rings. The Morgan fingerprint density at radius 3 is 2.57 bits per heavy atom. The number of fused-ring (bicyclic) bond motifs is 1. The first-order valence-corrected chi connectivity index (χ1v) is 16.2. The molecule has 3 aromatic carbocycles. The second-order valence-electron chi connectivity index (χ2n) is 13.3. The van der Waals surface area contributed by atoms with Gasteiger partial charge in [0.25, 0.3) is 5.91 Å². The van der Waals surface area contributed by atoms with E-state index in [0.717, 1.165) is 52.1 Å². The van der Waals surface area contributed by atoms with Crippen molar-refractivity contribution in [2.24, 2.45) is 5.41 Å². The lowest BCUT2D eigenvalue weighted by molar-refractivity contribution is -0.142. The molecule has 4 aromatic rings. The minimum Gasteiger partial charge on any atom is -0.493 e. The van der Waals surface area contributed by atoms with Crippen LogP contribution in [0.2, 0.25) is 0 Å². The maximum atomic E-state index is 13.4. The lowest BCUT2D eigenvalue weighted by Crippen LogP contribution is -2.49. The number of aliphatic carboxylic acids is 1. The second-order valence-corrected chi connectivity index (χ2v) is 13.3. The Kier molecular flexibility index (Phi) is 10.1. The average Bonchev–Trinajstić information content (AvgIpc) is 3.50. The average molecular weight is 637 g/mol. The lowest BCUT2D eigenvalue weighted by atomic mass is 9.86. The summed E-state index contributed by atoms with van der Waals surface area (Å²) in [5.74, 6) is -0.530. The van der Waals surface area contributed by atoms with Gasteiger partial charge in [0.1, 0.15) is 11.8 Å². The Morgan fingerprint density at radius 2 is 1.81 bits per heavy atom. The predicted molar refractivity (Wildman–Crippen MR) is 183 cm³/mol. The molecule has 9 heteroatoms. The van der Waals surface area contributed by atoms with Crippen LogP contribution in [0.25, 0.3) is 11.1 Å². The number of hydrogen-bond acceptors (Lipinski definition) is 5. The van der Waals surface area contributed by atoms with Crippen molar-refractivity contribution in [3.8, 4) is 16.9 Å². The molecular formula is C38H44N4O5. The van der Waals surface area contributed by atoms with Crippen LogP contribution in [0.5, 0.6) is 5.75 Å². The number of carboxylic acids is 1. The third-order valence-corrected chi connectivity index (χ3v) is 8.77. The van der Waals surface area contributed by atoms with Crippen molar-refractivity contribution >= 4 is 23.5 Å². The van der Waals surface area contributed by atoms with Crippen LogP contribution in [-0.4, -0.2) is 51.9 Å². The van der Waals surface area contributed by atoms with Crippen LogP contribution in [0.4, 0.5) is 5.69 Å². The van der Waals surface area contributed by atoms with Gasteiger partial charge in [0.05, 0.1) is 19.3 Å². The van der Waals surface area contributed by atoms with Gasteiger partial charge in [0, 0.05) is 36.0 Å². The second kappa shape index (κ2) is 14.2. The molecule has 47 heavy (non-hydrogen) atoms. The van der Waals surface area contributed by atoms with Gasteiger partial charge < -0.3 is 20.1 Å². The molecule has 0 saturated carbocycles. The summed E-state index contributed by atoms with van der Waals surface area (Å²) < 4.78 is 7.80. The van der Waals surface area contributed by atoms with Gasteiger partial charge in [-0.2, -0.15) is 5.10 Å². The summed E-state index contributed by atoms with van der Waals surface area (Å²) >= 11 is 0. The third-order valence-electron chi connectivity index (χ3n) is 8.77. The highest BCUT2D eigenvalue weighted by Gasteiger charge is 2.33. The number of nitrogens with one attached hydrogen (secondary N) is 1. The molecule has 0 saturated heterocycles. The van der Waals surface area contributed by atoms with E-state index in [0.29, 0.717) is 38.1 Å². The number of benzene rings is 3. The van der Waals surface area contributed by atoms with Gasteiger partial charge in [-0.05, 0) is 90.6 Å². The Bertz CT molecular complexity index is 1770. The molecule has 0 radical (unpaired) electrons. The van der Waals surface area contributed by atoms with Gasteiger partial charge in [-0.3, -0.25) is 14.3 Å².